The fraction of sp³-hybridized carbons (Fsp3) is 0.364. The lowest BCUT2D eigenvalue weighted by Crippen LogP contribution is -2.23. The molecule has 1 aromatic carbocycles. The van der Waals surface area contributed by atoms with Gasteiger partial charge in [0.05, 0.1) is 0 Å². The minimum atomic E-state index is -0.916. The van der Waals surface area contributed by atoms with Crippen LogP contribution in [0, 0.1) is 11.6 Å². The predicted molar refractivity (Wildman–Crippen MR) is 54.9 cm³/mol. The Balaban J connectivity index is 2.52. The molecule has 0 aliphatic carbocycles. The molecule has 88 valence electrons. The number of nitrogens with two attached hydrogens (primary N) is 1. The first-order valence-electron chi connectivity index (χ1n) is 4.90. The third-order valence-electron chi connectivity index (χ3n) is 2.21. The summed E-state index contributed by atoms with van der Waals surface area (Å²) < 4.78 is 25.4. The van der Waals surface area contributed by atoms with E-state index >= 15 is 0 Å². The molecule has 0 bridgehead atoms. The molecule has 0 fully saturated rings. The van der Waals surface area contributed by atoms with Crippen LogP contribution in [0.15, 0.2) is 18.2 Å². The summed E-state index contributed by atoms with van der Waals surface area (Å²) in [7, 11) is 0. The van der Waals surface area contributed by atoms with Gasteiger partial charge in [0.15, 0.2) is 11.6 Å². The van der Waals surface area contributed by atoms with Crippen LogP contribution in [0.5, 0.6) is 0 Å². The third-order valence-corrected chi connectivity index (χ3v) is 2.21. The van der Waals surface area contributed by atoms with E-state index < -0.39 is 17.6 Å². The molecule has 0 aromatic heterocycles. The van der Waals surface area contributed by atoms with Gasteiger partial charge in [-0.15, -0.1) is 0 Å². The predicted octanol–water partition coefficient (Wildman–Crippen LogP) is 1.70. The van der Waals surface area contributed by atoms with Crippen LogP contribution in [0.4, 0.5) is 8.78 Å². The van der Waals surface area contributed by atoms with Gasteiger partial charge in [-0.05, 0) is 30.5 Å². The second-order valence-corrected chi connectivity index (χ2v) is 3.65. The van der Waals surface area contributed by atoms with E-state index in [1.807, 2.05) is 0 Å². The normalized spacial score (nSPS) is 12.4. The molecule has 0 saturated carbocycles. The van der Waals surface area contributed by atoms with Crippen molar-refractivity contribution in [3.05, 3.63) is 35.4 Å². The van der Waals surface area contributed by atoms with Gasteiger partial charge in [0, 0.05) is 12.5 Å². The van der Waals surface area contributed by atoms with Crippen molar-refractivity contribution in [2.24, 2.45) is 5.73 Å². The number of carboxylic acid groups (broad SMARTS) is 1. The van der Waals surface area contributed by atoms with Crippen molar-refractivity contribution in [1.82, 2.24) is 0 Å². The van der Waals surface area contributed by atoms with Gasteiger partial charge in [-0.25, -0.2) is 8.78 Å². The number of hydrogen-bond acceptors (Lipinski definition) is 2. The Morgan fingerprint density at radius 3 is 2.62 bits per heavy atom. The van der Waals surface area contributed by atoms with Gasteiger partial charge in [-0.2, -0.15) is 0 Å². The molecule has 0 amide bonds. The van der Waals surface area contributed by atoms with Crippen molar-refractivity contribution >= 4 is 5.97 Å². The molecule has 3 nitrogen and oxygen atoms in total. The standard InChI is InChI=1S/C11H13F2NO2/c12-9-3-1-7(6-10(9)13)5-8(14)2-4-11(15)16/h1,3,6,8H,2,4-5,14H2,(H,15,16). The molecule has 0 spiro atoms. The summed E-state index contributed by atoms with van der Waals surface area (Å²) in [5.74, 6) is -2.73. The Morgan fingerprint density at radius 2 is 2.06 bits per heavy atom. The molecule has 3 N–H and O–H groups in total. The van der Waals surface area contributed by atoms with E-state index in [2.05, 4.69) is 0 Å². The number of carbonyl (C=O) groups is 1. The fourth-order valence-electron chi connectivity index (χ4n) is 1.38. The Kier molecular flexibility index (Phi) is 4.37. The van der Waals surface area contributed by atoms with Crippen LogP contribution in [0.2, 0.25) is 0 Å². The Bertz CT molecular complexity index is 382. The zero-order valence-corrected chi connectivity index (χ0v) is 8.62. The molecule has 1 unspecified atom stereocenters. The van der Waals surface area contributed by atoms with E-state index in [1.165, 1.54) is 6.07 Å². The first kappa shape index (κ1) is 12.6. The van der Waals surface area contributed by atoms with Gasteiger partial charge in [0.1, 0.15) is 0 Å². The molecule has 1 aromatic rings. The van der Waals surface area contributed by atoms with Crippen LogP contribution in [-0.2, 0) is 11.2 Å². The van der Waals surface area contributed by atoms with Crippen molar-refractivity contribution in [3.8, 4) is 0 Å². The maximum absolute atomic E-state index is 12.8. The molecule has 0 heterocycles. The zero-order chi connectivity index (χ0) is 12.1. The van der Waals surface area contributed by atoms with Gasteiger partial charge >= 0.3 is 5.97 Å². The van der Waals surface area contributed by atoms with Crippen LogP contribution in [-0.4, -0.2) is 17.1 Å². The van der Waals surface area contributed by atoms with Crippen LogP contribution >= 0.6 is 0 Å². The van der Waals surface area contributed by atoms with E-state index in [4.69, 9.17) is 10.8 Å². The molecule has 0 saturated heterocycles. The molecule has 5 heteroatoms. The van der Waals surface area contributed by atoms with Gasteiger partial charge < -0.3 is 10.8 Å². The maximum Gasteiger partial charge on any atom is 0.303 e. The van der Waals surface area contributed by atoms with E-state index in [1.54, 1.807) is 0 Å². The molecule has 0 aliphatic rings. The van der Waals surface area contributed by atoms with E-state index in [0.717, 1.165) is 12.1 Å². The highest BCUT2D eigenvalue weighted by Crippen LogP contribution is 2.11. The summed E-state index contributed by atoms with van der Waals surface area (Å²) in [5, 5.41) is 8.44. The summed E-state index contributed by atoms with van der Waals surface area (Å²) in [6.45, 7) is 0. The average Bonchev–Trinajstić information content (AvgIpc) is 2.21. The monoisotopic (exact) mass is 229 g/mol. The largest absolute Gasteiger partial charge is 0.481 e. The summed E-state index contributed by atoms with van der Waals surface area (Å²) in [6.07, 6.45) is 0.629. The maximum atomic E-state index is 12.8. The Morgan fingerprint density at radius 1 is 1.38 bits per heavy atom. The SMILES string of the molecule is NC(CCC(=O)O)Cc1ccc(F)c(F)c1. The Hall–Kier alpha value is -1.49. The lowest BCUT2D eigenvalue weighted by Gasteiger charge is -2.10. The summed E-state index contributed by atoms with van der Waals surface area (Å²) in [4.78, 5) is 10.3. The molecule has 16 heavy (non-hydrogen) atoms. The summed E-state index contributed by atoms with van der Waals surface area (Å²) in [5.41, 5.74) is 6.23. The number of halogens is 2. The van der Waals surface area contributed by atoms with E-state index in [-0.39, 0.29) is 12.5 Å². The van der Waals surface area contributed by atoms with Crippen molar-refractivity contribution in [3.63, 3.8) is 0 Å². The van der Waals surface area contributed by atoms with Crippen molar-refractivity contribution in [1.29, 1.82) is 0 Å². The van der Waals surface area contributed by atoms with E-state index in [0.29, 0.717) is 18.4 Å². The van der Waals surface area contributed by atoms with Gasteiger partial charge in [0.25, 0.3) is 0 Å². The highest BCUT2D eigenvalue weighted by Gasteiger charge is 2.09. The average molecular weight is 229 g/mol. The smallest absolute Gasteiger partial charge is 0.303 e. The van der Waals surface area contributed by atoms with Crippen molar-refractivity contribution in [2.75, 3.05) is 0 Å². The topological polar surface area (TPSA) is 63.3 Å². The molecule has 0 radical (unpaired) electrons. The lowest BCUT2D eigenvalue weighted by molar-refractivity contribution is -0.137. The van der Waals surface area contributed by atoms with Crippen LogP contribution in [0.3, 0.4) is 0 Å². The van der Waals surface area contributed by atoms with Crippen LogP contribution in [0.1, 0.15) is 18.4 Å². The number of benzene rings is 1. The lowest BCUT2D eigenvalue weighted by atomic mass is 10.0. The van der Waals surface area contributed by atoms with Gasteiger partial charge in [0.2, 0.25) is 0 Å². The van der Waals surface area contributed by atoms with Crippen molar-refractivity contribution in [2.45, 2.75) is 25.3 Å². The molecule has 0 aliphatic heterocycles. The van der Waals surface area contributed by atoms with Crippen LogP contribution < -0.4 is 5.73 Å². The fourth-order valence-corrected chi connectivity index (χ4v) is 1.38. The first-order chi connectivity index (χ1) is 7.49. The first-order valence-corrected chi connectivity index (χ1v) is 4.90. The quantitative estimate of drug-likeness (QED) is 0.807. The number of aliphatic carboxylic acids is 1. The molecule has 1 rings (SSSR count). The van der Waals surface area contributed by atoms with Crippen molar-refractivity contribution < 1.29 is 18.7 Å². The highest BCUT2D eigenvalue weighted by molar-refractivity contribution is 5.66. The minimum Gasteiger partial charge on any atom is -0.481 e. The van der Waals surface area contributed by atoms with Crippen LogP contribution in [0.25, 0.3) is 0 Å². The second-order valence-electron chi connectivity index (χ2n) is 3.65. The summed E-state index contributed by atoms with van der Waals surface area (Å²) >= 11 is 0. The third kappa shape index (κ3) is 3.94. The molecular weight excluding hydrogens is 216 g/mol. The highest BCUT2D eigenvalue weighted by atomic mass is 19.2. The number of hydrogen-bond donors (Lipinski definition) is 2. The molecular formula is C11H13F2NO2. The number of rotatable bonds is 5. The van der Waals surface area contributed by atoms with Gasteiger partial charge in [-0.3, -0.25) is 4.79 Å². The number of carboxylic acids is 1. The second kappa shape index (κ2) is 5.55. The summed E-state index contributed by atoms with van der Waals surface area (Å²) in [6, 6.07) is 3.20. The molecule has 1 atom stereocenters. The minimum absolute atomic E-state index is 0.0230. The Labute approximate surface area is 91.9 Å². The van der Waals surface area contributed by atoms with Gasteiger partial charge in [-0.1, -0.05) is 6.07 Å². The zero-order valence-electron chi connectivity index (χ0n) is 8.62. The van der Waals surface area contributed by atoms with E-state index in [9.17, 15) is 13.6 Å².